The molecule has 2 aliphatic rings. The highest BCUT2D eigenvalue weighted by molar-refractivity contribution is 7.86. The van der Waals surface area contributed by atoms with E-state index in [9.17, 15) is 8.42 Å². The molecular weight excluding hydrogens is 350 g/mol. The number of halogens is 1. The molecule has 1 aromatic carbocycles. The molecule has 8 heteroatoms. The number of piperazine rings is 1. The van der Waals surface area contributed by atoms with E-state index in [1.54, 1.807) is 8.61 Å². The van der Waals surface area contributed by atoms with Crippen LogP contribution < -0.4 is 4.90 Å². The minimum Gasteiger partial charge on any atom is -0.373 e. The Balaban J connectivity index is 1.65. The van der Waals surface area contributed by atoms with E-state index in [4.69, 9.17) is 16.3 Å². The van der Waals surface area contributed by atoms with E-state index in [1.165, 1.54) is 0 Å². The van der Waals surface area contributed by atoms with Gasteiger partial charge in [0.1, 0.15) is 0 Å². The second-order valence-electron chi connectivity index (χ2n) is 6.45. The van der Waals surface area contributed by atoms with E-state index in [0.29, 0.717) is 44.3 Å². The van der Waals surface area contributed by atoms with Gasteiger partial charge in [0.2, 0.25) is 0 Å². The summed E-state index contributed by atoms with van der Waals surface area (Å²) >= 11 is 6.04. The zero-order valence-electron chi connectivity index (χ0n) is 14.1. The van der Waals surface area contributed by atoms with E-state index in [1.807, 2.05) is 38.1 Å². The number of benzene rings is 1. The summed E-state index contributed by atoms with van der Waals surface area (Å²) in [6.07, 6.45) is -0.146. The number of hydrogen-bond donors (Lipinski definition) is 0. The minimum atomic E-state index is -3.43. The first-order valence-electron chi connectivity index (χ1n) is 8.27. The first-order valence-corrected chi connectivity index (χ1v) is 10.0. The van der Waals surface area contributed by atoms with Crippen LogP contribution in [-0.2, 0) is 14.9 Å². The predicted octanol–water partition coefficient (Wildman–Crippen LogP) is 1.82. The summed E-state index contributed by atoms with van der Waals surface area (Å²) in [5, 5.41) is 0.693. The molecule has 0 bridgehead atoms. The van der Waals surface area contributed by atoms with Crippen LogP contribution in [0.5, 0.6) is 0 Å². The quantitative estimate of drug-likeness (QED) is 0.811. The van der Waals surface area contributed by atoms with Crippen LogP contribution in [0.2, 0.25) is 5.02 Å². The Kier molecular flexibility index (Phi) is 5.36. The van der Waals surface area contributed by atoms with E-state index >= 15 is 0 Å². The Morgan fingerprint density at radius 3 is 2.25 bits per heavy atom. The zero-order valence-corrected chi connectivity index (χ0v) is 15.6. The molecule has 3 rings (SSSR count). The molecule has 2 aliphatic heterocycles. The van der Waals surface area contributed by atoms with Gasteiger partial charge in [-0.15, -0.1) is 0 Å². The lowest BCUT2D eigenvalue weighted by Crippen LogP contribution is -2.57. The highest BCUT2D eigenvalue weighted by Gasteiger charge is 2.36. The Morgan fingerprint density at radius 1 is 1.04 bits per heavy atom. The zero-order chi connectivity index (χ0) is 17.3. The van der Waals surface area contributed by atoms with Crippen molar-refractivity contribution in [2.45, 2.75) is 26.1 Å². The van der Waals surface area contributed by atoms with Gasteiger partial charge in [-0.3, -0.25) is 0 Å². The fourth-order valence-corrected chi connectivity index (χ4v) is 5.26. The van der Waals surface area contributed by atoms with Crippen LogP contribution in [0.15, 0.2) is 24.3 Å². The molecule has 134 valence electrons. The highest BCUT2D eigenvalue weighted by Crippen LogP contribution is 2.23. The van der Waals surface area contributed by atoms with Crippen molar-refractivity contribution in [3.05, 3.63) is 29.3 Å². The fraction of sp³-hybridized carbons (Fsp3) is 0.625. The summed E-state index contributed by atoms with van der Waals surface area (Å²) in [6, 6.07) is 7.67. The van der Waals surface area contributed by atoms with Crippen molar-refractivity contribution in [3.63, 3.8) is 0 Å². The average molecular weight is 374 g/mol. The van der Waals surface area contributed by atoms with Crippen LogP contribution in [0.25, 0.3) is 0 Å². The van der Waals surface area contributed by atoms with Crippen molar-refractivity contribution in [3.8, 4) is 0 Å². The molecule has 2 heterocycles. The molecule has 0 unspecified atom stereocenters. The molecule has 2 atom stereocenters. The maximum absolute atomic E-state index is 12.9. The van der Waals surface area contributed by atoms with Gasteiger partial charge in [0, 0.05) is 50.0 Å². The third kappa shape index (κ3) is 3.86. The van der Waals surface area contributed by atoms with Crippen molar-refractivity contribution in [2.24, 2.45) is 0 Å². The second kappa shape index (κ2) is 7.17. The van der Waals surface area contributed by atoms with Crippen LogP contribution >= 0.6 is 11.6 Å². The molecule has 0 radical (unpaired) electrons. The molecule has 0 aromatic heterocycles. The third-order valence-electron chi connectivity index (χ3n) is 4.45. The van der Waals surface area contributed by atoms with Gasteiger partial charge in [-0.05, 0) is 32.0 Å². The highest BCUT2D eigenvalue weighted by atomic mass is 35.5. The van der Waals surface area contributed by atoms with E-state index in [2.05, 4.69) is 4.90 Å². The van der Waals surface area contributed by atoms with Gasteiger partial charge in [0.25, 0.3) is 10.2 Å². The lowest BCUT2D eigenvalue weighted by molar-refractivity contribution is -0.0455. The molecule has 0 aliphatic carbocycles. The molecule has 2 fully saturated rings. The Morgan fingerprint density at radius 2 is 1.67 bits per heavy atom. The van der Waals surface area contributed by atoms with Gasteiger partial charge < -0.3 is 9.64 Å². The first-order chi connectivity index (χ1) is 11.4. The maximum Gasteiger partial charge on any atom is 0.282 e. The van der Waals surface area contributed by atoms with Gasteiger partial charge in [-0.2, -0.15) is 17.0 Å². The summed E-state index contributed by atoms with van der Waals surface area (Å²) in [4.78, 5) is 2.17. The standard InChI is InChI=1S/C16H24ClN3O3S/c1-13-11-20(12-14(2)23-13)24(21,22)19-8-6-18(7-9-19)16-5-3-4-15(17)10-16/h3-5,10,13-14H,6-9,11-12H2,1-2H3/t13-,14-/m1/s1. The molecule has 24 heavy (non-hydrogen) atoms. The summed E-state index contributed by atoms with van der Waals surface area (Å²) < 4.78 is 34.5. The smallest absolute Gasteiger partial charge is 0.282 e. The van der Waals surface area contributed by atoms with Crippen molar-refractivity contribution >= 4 is 27.5 Å². The molecule has 0 N–H and O–H groups in total. The molecule has 1 aromatic rings. The van der Waals surface area contributed by atoms with Crippen LogP contribution in [0.4, 0.5) is 5.69 Å². The lowest BCUT2D eigenvalue weighted by atomic mass is 10.2. The van der Waals surface area contributed by atoms with Gasteiger partial charge in [0.05, 0.1) is 12.2 Å². The largest absolute Gasteiger partial charge is 0.373 e. The van der Waals surface area contributed by atoms with Crippen LogP contribution in [0, 0.1) is 0 Å². The monoisotopic (exact) mass is 373 g/mol. The van der Waals surface area contributed by atoms with Gasteiger partial charge in [-0.25, -0.2) is 0 Å². The second-order valence-corrected chi connectivity index (χ2v) is 8.81. The number of anilines is 1. The topological polar surface area (TPSA) is 53.1 Å². The van der Waals surface area contributed by atoms with Gasteiger partial charge in [0.15, 0.2) is 0 Å². The molecule has 2 saturated heterocycles. The summed E-state index contributed by atoms with van der Waals surface area (Å²) in [5.74, 6) is 0. The molecular formula is C16H24ClN3O3S. The van der Waals surface area contributed by atoms with Crippen LogP contribution in [-0.4, -0.2) is 68.5 Å². The normalized spacial score (nSPS) is 27.4. The van der Waals surface area contributed by atoms with Crippen molar-refractivity contribution < 1.29 is 13.2 Å². The number of ether oxygens (including phenoxy) is 1. The minimum absolute atomic E-state index is 0.0729. The average Bonchev–Trinajstić information content (AvgIpc) is 2.54. The Bertz CT molecular complexity index is 667. The van der Waals surface area contributed by atoms with Crippen LogP contribution in [0.3, 0.4) is 0 Å². The number of hydrogen-bond acceptors (Lipinski definition) is 4. The lowest BCUT2D eigenvalue weighted by Gasteiger charge is -2.40. The fourth-order valence-electron chi connectivity index (χ4n) is 3.33. The molecule has 0 amide bonds. The molecule has 6 nitrogen and oxygen atoms in total. The Hall–Kier alpha value is -0.860. The van der Waals surface area contributed by atoms with Crippen molar-refractivity contribution in [1.29, 1.82) is 0 Å². The van der Waals surface area contributed by atoms with Gasteiger partial charge in [-0.1, -0.05) is 17.7 Å². The third-order valence-corrected chi connectivity index (χ3v) is 6.65. The van der Waals surface area contributed by atoms with E-state index < -0.39 is 10.2 Å². The number of nitrogens with zero attached hydrogens (tertiary/aromatic N) is 3. The Labute approximate surface area is 149 Å². The van der Waals surface area contributed by atoms with Crippen molar-refractivity contribution in [2.75, 3.05) is 44.2 Å². The van der Waals surface area contributed by atoms with Gasteiger partial charge >= 0.3 is 0 Å². The molecule has 0 spiro atoms. The predicted molar refractivity (Wildman–Crippen MR) is 95.7 cm³/mol. The van der Waals surface area contributed by atoms with E-state index in [0.717, 1.165) is 5.69 Å². The molecule has 0 saturated carbocycles. The number of rotatable bonds is 3. The maximum atomic E-state index is 12.9. The summed E-state index contributed by atoms with van der Waals surface area (Å²) in [6.45, 7) is 6.95. The first kappa shape index (κ1) is 17.9. The van der Waals surface area contributed by atoms with Crippen molar-refractivity contribution in [1.82, 2.24) is 8.61 Å². The van der Waals surface area contributed by atoms with E-state index in [-0.39, 0.29) is 12.2 Å². The van der Waals surface area contributed by atoms with Crippen LogP contribution in [0.1, 0.15) is 13.8 Å². The summed E-state index contributed by atoms with van der Waals surface area (Å²) in [5.41, 5.74) is 1.04. The number of morpholine rings is 1. The summed E-state index contributed by atoms with van der Waals surface area (Å²) in [7, 11) is -3.43. The SMILES string of the molecule is C[C@@H]1CN(S(=O)(=O)N2CCN(c3cccc(Cl)c3)CC2)C[C@@H](C)O1.